The Morgan fingerprint density at radius 3 is 2.71 bits per heavy atom. The van der Waals surface area contributed by atoms with E-state index in [-0.39, 0.29) is 6.10 Å². The van der Waals surface area contributed by atoms with Crippen molar-refractivity contribution in [3.63, 3.8) is 0 Å². The van der Waals surface area contributed by atoms with Crippen LogP contribution in [0, 0.1) is 11.3 Å². The van der Waals surface area contributed by atoms with E-state index in [0.29, 0.717) is 30.4 Å². The van der Waals surface area contributed by atoms with Gasteiger partial charge in [-0.05, 0) is 31.5 Å². The maximum absolute atomic E-state index is 8.69. The Hall–Kier alpha value is -1.08. The largest absolute Gasteiger partial charge is 0.376 e. The minimum atomic E-state index is 0.220. The van der Waals surface area contributed by atoms with Crippen LogP contribution in [0.5, 0.6) is 0 Å². The lowest BCUT2D eigenvalue weighted by Gasteiger charge is -2.09. The van der Waals surface area contributed by atoms with Gasteiger partial charge in [-0.1, -0.05) is 17.7 Å². The highest BCUT2D eigenvalue weighted by molar-refractivity contribution is 6.31. The molecule has 0 amide bonds. The fourth-order valence-electron chi connectivity index (χ4n) is 1.26. The normalized spacial score (nSPS) is 10.5. The number of rotatable bonds is 6. The van der Waals surface area contributed by atoms with E-state index in [1.54, 1.807) is 12.1 Å². The van der Waals surface area contributed by atoms with E-state index in [0.717, 1.165) is 5.56 Å². The Morgan fingerprint density at radius 2 is 2.12 bits per heavy atom. The molecule has 0 bridgehead atoms. The maximum atomic E-state index is 8.69. The second kappa shape index (κ2) is 7.29. The van der Waals surface area contributed by atoms with E-state index in [1.807, 2.05) is 26.0 Å². The molecule has 1 aromatic carbocycles. The van der Waals surface area contributed by atoms with Gasteiger partial charge in [-0.25, -0.2) is 0 Å². The highest BCUT2D eigenvalue weighted by Gasteiger charge is 2.02. The van der Waals surface area contributed by atoms with Crippen LogP contribution in [0.4, 0.5) is 0 Å². The smallest absolute Gasteiger partial charge is 0.0992 e. The SMILES string of the molecule is CC(C)OCCOCc1ccc(C#N)cc1Cl. The zero-order valence-electron chi connectivity index (χ0n) is 10.1. The highest BCUT2D eigenvalue weighted by atomic mass is 35.5. The molecule has 1 rings (SSSR count). The molecule has 0 unspecified atom stereocenters. The molecule has 0 radical (unpaired) electrons. The molecule has 17 heavy (non-hydrogen) atoms. The molecule has 0 fully saturated rings. The zero-order chi connectivity index (χ0) is 12.7. The average molecular weight is 254 g/mol. The summed E-state index contributed by atoms with van der Waals surface area (Å²) in [6, 6.07) is 7.22. The van der Waals surface area contributed by atoms with Gasteiger partial charge in [0, 0.05) is 5.02 Å². The van der Waals surface area contributed by atoms with Crippen LogP contribution >= 0.6 is 11.6 Å². The Kier molecular flexibility index (Phi) is 5.99. The van der Waals surface area contributed by atoms with E-state index < -0.39 is 0 Å². The second-order valence-corrected chi connectivity index (χ2v) is 4.30. The van der Waals surface area contributed by atoms with Crippen molar-refractivity contribution >= 4 is 11.6 Å². The fraction of sp³-hybridized carbons (Fsp3) is 0.462. The van der Waals surface area contributed by atoms with Gasteiger partial charge < -0.3 is 9.47 Å². The first-order valence-electron chi connectivity index (χ1n) is 5.51. The van der Waals surface area contributed by atoms with Gasteiger partial charge in [-0.2, -0.15) is 5.26 Å². The molecule has 3 nitrogen and oxygen atoms in total. The fourth-order valence-corrected chi connectivity index (χ4v) is 1.49. The molecule has 0 N–H and O–H groups in total. The molecule has 0 aromatic heterocycles. The quantitative estimate of drug-likeness (QED) is 0.732. The summed E-state index contributed by atoms with van der Waals surface area (Å²) in [5.41, 5.74) is 1.44. The van der Waals surface area contributed by atoms with E-state index in [2.05, 4.69) is 0 Å². The predicted octanol–water partition coefficient (Wildman–Crippen LogP) is 3.15. The number of hydrogen-bond acceptors (Lipinski definition) is 3. The third-order valence-electron chi connectivity index (χ3n) is 2.12. The molecule has 0 aliphatic heterocycles. The third kappa shape index (κ3) is 5.18. The van der Waals surface area contributed by atoms with E-state index in [4.69, 9.17) is 26.3 Å². The first-order chi connectivity index (χ1) is 8.13. The Balaban J connectivity index is 2.35. The van der Waals surface area contributed by atoms with Crippen LogP contribution in [0.1, 0.15) is 25.0 Å². The van der Waals surface area contributed by atoms with Gasteiger partial charge in [0.05, 0.1) is 37.6 Å². The molecule has 0 saturated carbocycles. The molecule has 4 heteroatoms. The van der Waals surface area contributed by atoms with Crippen LogP contribution in [0.2, 0.25) is 5.02 Å². The highest BCUT2D eigenvalue weighted by Crippen LogP contribution is 2.18. The molecular weight excluding hydrogens is 238 g/mol. The molecule has 92 valence electrons. The molecule has 0 aliphatic rings. The van der Waals surface area contributed by atoms with E-state index in [1.165, 1.54) is 0 Å². The van der Waals surface area contributed by atoms with Gasteiger partial charge in [-0.3, -0.25) is 0 Å². The number of nitriles is 1. The molecule has 0 atom stereocenters. The van der Waals surface area contributed by atoms with Crippen LogP contribution < -0.4 is 0 Å². The first kappa shape index (κ1) is 14.0. The summed E-state index contributed by atoms with van der Waals surface area (Å²) >= 11 is 6.01. The van der Waals surface area contributed by atoms with Crippen LogP contribution in [-0.2, 0) is 16.1 Å². The van der Waals surface area contributed by atoms with Gasteiger partial charge in [0.1, 0.15) is 0 Å². The van der Waals surface area contributed by atoms with Gasteiger partial charge >= 0.3 is 0 Å². The van der Waals surface area contributed by atoms with Crippen molar-refractivity contribution in [3.05, 3.63) is 34.3 Å². The molecule has 0 heterocycles. The summed E-state index contributed by atoms with van der Waals surface area (Å²) in [4.78, 5) is 0. The average Bonchev–Trinajstić information content (AvgIpc) is 2.30. The van der Waals surface area contributed by atoms with Crippen LogP contribution in [-0.4, -0.2) is 19.3 Å². The third-order valence-corrected chi connectivity index (χ3v) is 2.47. The Morgan fingerprint density at radius 1 is 1.35 bits per heavy atom. The van der Waals surface area contributed by atoms with Gasteiger partial charge in [0.15, 0.2) is 0 Å². The van der Waals surface area contributed by atoms with Gasteiger partial charge in [0.25, 0.3) is 0 Å². The zero-order valence-corrected chi connectivity index (χ0v) is 10.8. The summed E-state index contributed by atoms with van der Waals surface area (Å²) in [6.07, 6.45) is 0.220. The van der Waals surface area contributed by atoms with Crippen molar-refractivity contribution in [2.24, 2.45) is 0 Å². The van der Waals surface area contributed by atoms with E-state index >= 15 is 0 Å². The summed E-state index contributed by atoms with van der Waals surface area (Å²) in [5.74, 6) is 0. The summed E-state index contributed by atoms with van der Waals surface area (Å²) in [6.45, 7) is 5.51. The summed E-state index contributed by atoms with van der Waals surface area (Å²) in [5, 5.41) is 9.26. The Bertz CT molecular complexity index is 399. The molecule has 0 spiro atoms. The molecule has 0 saturated heterocycles. The van der Waals surface area contributed by atoms with Crippen molar-refractivity contribution < 1.29 is 9.47 Å². The van der Waals surface area contributed by atoms with Crippen molar-refractivity contribution in [1.82, 2.24) is 0 Å². The second-order valence-electron chi connectivity index (χ2n) is 3.89. The van der Waals surface area contributed by atoms with Crippen molar-refractivity contribution in [3.8, 4) is 6.07 Å². The van der Waals surface area contributed by atoms with Crippen molar-refractivity contribution in [2.75, 3.05) is 13.2 Å². The lowest BCUT2D eigenvalue weighted by Crippen LogP contribution is -2.09. The number of halogens is 1. The number of ether oxygens (including phenoxy) is 2. The minimum absolute atomic E-state index is 0.220. The molecule has 0 aliphatic carbocycles. The van der Waals surface area contributed by atoms with Crippen molar-refractivity contribution in [1.29, 1.82) is 5.26 Å². The minimum Gasteiger partial charge on any atom is -0.376 e. The summed E-state index contributed by atoms with van der Waals surface area (Å²) < 4.78 is 10.8. The number of hydrogen-bond donors (Lipinski definition) is 0. The standard InChI is InChI=1S/C13H16ClNO2/c1-10(2)17-6-5-16-9-12-4-3-11(8-15)7-13(12)14/h3-4,7,10H,5-6,9H2,1-2H3. The van der Waals surface area contributed by atoms with Crippen LogP contribution in [0.15, 0.2) is 18.2 Å². The van der Waals surface area contributed by atoms with Crippen LogP contribution in [0.3, 0.4) is 0 Å². The lowest BCUT2D eigenvalue weighted by molar-refractivity contribution is 0.0143. The number of benzene rings is 1. The monoisotopic (exact) mass is 253 g/mol. The van der Waals surface area contributed by atoms with Gasteiger partial charge in [-0.15, -0.1) is 0 Å². The predicted molar refractivity (Wildman–Crippen MR) is 66.9 cm³/mol. The summed E-state index contributed by atoms with van der Waals surface area (Å²) in [7, 11) is 0. The molecular formula is C13H16ClNO2. The topological polar surface area (TPSA) is 42.2 Å². The first-order valence-corrected chi connectivity index (χ1v) is 5.89. The maximum Gasteiger partial charge on any atom is 0.0992 e. The number of nitrogens with zero attached hydrogens (tertiary/aromatic N) is 1. The van der Waals surface area contributed by atoms with Crippen LogP contribution in [0.25, 0.3) is 0 Å². The lowest BCUT2D eigenvalue weighted by atomic mass is 10.1. The van der Waals surface area contributed by atoms with E-state index in [9.17, 15) is 0 Å². The Labute approximate surface area is 107 Å². The van der Waals surface area contributed by atoms with Crippen molar-refractivity contribution in [2.45, 2.75) is 26.6 Å². The van der Waals surface area contributed by atoms with Gasteiger partial charge in [0.2, 0.25) is 0 Å². The molecule has 1 aromatic rings.